The predicted molar refractivity (Wildman–Crippen MR) is 50.8 cm³/mol. The van der Waals surface area contributed by atoms with E-state index >= 15 is 0 Å². The van der Waals surface area contributed by atoms with Crippen molar-refractivity contribution in [1.82, 2.24) is 5.16 Å². The zero-order valence-electron chi connectivity index (χ0n) is 8.33. The van der Waals surface area contributed by atoms with Crippen molar-refractivity contribution in [2.24, 2.45) is 0 Å². The number of rotatable bonds is 0. The second-order valence-corrected chi connectivity index (χ2v) is 3.32. The average Bonchev–Trinajstić information content (AvgIpc) is 2.68. The SMILES string of the molecule is [CH2-]c1noc2c3c(ccc12)NC(=O)C3.[Li+]. The van der Waals surface area contributed by atoms with Crippen molar-refractivity contribution in [2.45, 2.75) is 6.42 Å². The Kier molecular flexibility index (Phi) is 2.26. The molecule has 15 heavy (non-hydrogen) atoms. The minimum Gasteiger partial charge on any atom is -0.378 e. The van der Waals surface area contributed by atoms with Crippen LogP contribution in [-0.4, -0.2) is 11.1 Å². The van der Waals surface area contributed by atoms with Crippen LogP contribution >= 0.6 is 0 Å². The molecule has 2 aromatic rings. The molecule has 0 bridgehead atoms. The molecule has 1 aromatic carbocycles. The van der Waals surface area contributed by atoms with Crippen molar-refractivity contribution in [3.63, 3.8) is 0 Å². The number of nitrogens with one attached hydrogen (secondary N) is 1. The van der Waals surface area contributed by atoms with E-state index in [2.05, 4.69) is 17.4 Å². The smallest absolute Gasteiger partial charge is 0.378 e. The molecule has 1 aromatic heterocycles. The summed E-state index contributed by atoms with van der Waals surface area (Å²) < 4.78 is 5.14. The van der Waals surface area contributed by atoms with Gasteiger partial charge in [-0.1, -0.05) is 11.8 Å². The van der Waals surface area contributed by atoms with Crippen LogP contribution in [0.25, 0.3) is 11.0 Å². The first-order chi connectivity index (χ1) is 6.75. The topological polar surface area (TPSA) is 55.1 Å². The molecule has 0 saturated carbocycles. The van der Waals surface area contributed by atoms with Crippen LogP contribution < -0.4 is 24.2 Å². The van der Waals surface area contributed by atoms with Crippen molar-refractivity contribution in [1.29, 1.82) is 0 Å². The Balaban J connectivity index is 0.000000853. The molecule has 1 amide bonds. The largest absolute Gasteiger partial charge is 1.00 e. The van der Waals surface area contributed by atoms with Crippen molar-refractivity contribution in [3.05, 3.63) is 30.3 Å². The van der Waals surface area contributed by atoms with Gasteiger partial charge in [-0.3, -0.25) is 4.79 Å². The van der Waals surface area contributed by atoms with Crippen LogP contribution in [0.3, 0.4) is 0 Å². The van der Waals surface area contributed by atoms with Gasteiger partial charge in [0.2, 0.25) is 5.91 Å². The van der Waals surface area contributed by atoms with Gasteiger partial charge in [0.15, 0.2) is 0 Å². The van der Waals surface area contributed by atoms with Gasteiger partial charge in [0, 0.05) is 11.3 Å². The molecule has 2 heterocycles. The number of benzene rings is 1. The maximum atomic E-state index is 11.2. The van der Waals surface area contributed by atoms with Crippen LogP contribution in [0.2, 0.25) is 0 Å². The van der Waals surface area contributed by atoms with Crippen LogP contribution in [0.4, 0.5) is 5.69 Å². The van der Waals surface area contributed by atoms with Gasteiger partial charge < -0.3 is 9.84 Å². The van der Waals surface area contributed by atoms with E-state index < -0.39 is 0 Å². The van der Waals surface area contributed by atoms with E-state index in [-0.39, 0.29) is 24.8 Å². The third-order valence-electron chi connectivity index (χ3n) is 2.43. The number of carbonyl (C=O) groups excluding carboxylic acids is 1. The maximum absolute atomic E-state index is 11.2. The third kappa shape index (κ3) is 1.34. The summed E-state index contributed by atoms with van der Waals surface area (Å²) >= 11 is 0. The van der Waals surface area contributed by atoms with E-state index in [9.17, 15) is 4.79 Å². The Labute approximate surface area is 98.2 Å². The van der Waals surface area contributed by atoms with Gasteiger partial charge in [-0.05, 0) is 0 Å². The minimum atomic E-state index is -0.00508. The fraction of sp³-hybridized carbons (Fsp3) is 0.100. The number of nitrogens with zero attached hydrogens (tertiary/aromatic N) is 1. The van der Waals surface area contributed by atoms with E-state index in [1.54, 1.807) is 0 Å². The zero-order valence-corrected chi connectivity index (χ0v) is 8.33. The van der Waals surface area contributed by atoms with Crippen LogP contribution in [0, 0.1) is 6.92 Å². The Morgan fingerprint density at radius 1 is 1.47 bits per heavy atom. The standard InChI is InChI=1S/C10H7N2O2.Li/c1-5-6-2-3-8-7(4-9(13)11-8)10(6)14-12-5;/h2-3H,1,4H2,(H,11,13);/q-1;+1. The molecule has 1 aliphatic heterocycles. The number of fused-ring (bicyclic) bond motifs is 3. The quantitative estimate of drug-likeness (QED) is 0.410. The molecule has 70 valence electrons. The molecule has 1 aliphatic rings. The molecule has 1 N–H and O–H groups in total. The number of amides is 1. The maximum Gasteiger partial charge on any atom is 1.00 e. The zero-order chi connectivity index (χ0) is 9.71. The Morgan fingerprint density at radius 2 is 2.27 bits per heavy atom. The summed E-state index contributed by atoms with van der Waals surface area (Å²) in [4.78, 5) is 11.2. The van der Waals surface area contributed by atoms with Gasteiger partial charge in [0.1, 0.15) is 0 Å². The summed E-state index contributed by atoms with van der Waals surface area (Å²) in [7, 11) is 0. The molecule has 0 spiro atoms. The van der Waals surface area contributed by atoms with Crippen molar-refractivity contribution in [2.75, 3.05) is 5.32 Å². The molecule has 4 nitrogen and oxygen atoms in total. The van der Waals surface area contributed by atoms with Crippen molar-refractivity contribution >= 4 is 22.6 Å². The summed E-state index contributed by atoms with van der Waals surface area (Å²) in [5.41, 5.74) is 2.99. The summed E-state index contributed by atoms with van der Waals surface area (Å²) in [6, 6.07) is 3.72. The van der Waals surface area contributed by atoms with Gasteiger partial charge in [-0.25, -0.2) is 6.92 Å². The van der Waals surface area contributed by atoms with Gasteiger partial charge >= 0.3 is 18.9 Å². The van der Waals surface area contributed by atoms with Crippen LogP contribution in [0.5, 0.6) is 0 Å². The molecular weight excluding hydrogens is 187 g/mol. The Hall–Kier alpha value is -1.37. The fourth-order valence-electron chi connectivity index (χ4n) is 1.76. The summed E-state index contributed by atoms with van der Waals surface area (Å²) in [5.74, 6) is -0.00508. The summed E-state index contributed by atoms with van der Waals surface area (Å²) in [6.07, 6.45) is 0.362. The van der Waals surface area contributed by atoms with Crippen LogP contribution in [0.1, 0.15) is 11.3 Å². The number of anilines is 1. The molecule has 5 heteroatoms. The summed E-state index contributed by atoms with van der Waals surface area (Å²) in [5, 5.41) is 7.40. The first kappa shape index (κ1) is 10.2. The monoisotopic (exact) mass is 194 g/mol. The second-order valence-electron chi connectivity index (χ2n) is 3.32. The van der Waals surface area contributed by atoms with Gasteiger partial charge in [-0.2, -0.15) is 0 Å². The first-order valence-electron chi connectivity index (χ1n) is 4.29. The van der Waals surface area contributed by atoms with E-state index in [0.717, 1.165) is 16.6 Å². The molecule has 3 rings (SSSR count). The fourth-order valence-corrected chi connectivity index (χ4v) is 1.76. The molecule has 0 unspecified atom stereocenters. The molecule has 0 radical (unpaired) electrons. The van der Waals surface area contributed by atoms with Gasteiger partial charge in [0.25, 0.3) is 0 Å². The second kappa shape index (κ2) is 3.33. The van der Waals surface area contributed by atoms with Gasteiger partial charge in [0.05, 0.1) is 12.0 Å². The first-order valence-corrected chi connectivity index (χ1v) is 4.29. The van der Waals surface area contributed by atoms with E-state index in [1.165, 1.54) is 0 Å². The van der Waals surface area contributed by atoms with E-state index in [0.29, 0.717) is 17.7 Å². The predicted octanol–water partition coefficient (Wildman–Crippen LogP) is -1.49. The molecule has 0 saturated heterocycles. The van der Waals surface area contributed by atoms with Crippen LogP contribution in [0.15, 0.2) is 16.7 Å². The Bertz CT molecular complexity index is 548. The molecule has 0 fully saturated rings. The van der Waals surface area contributed by atoms with Crippen molar-refractivity contribution < 1.29 is 28.2 Å². The Morgan fingerprint density at radius 3 is 3.07 bits per heavy atom. The normalized spacial score (nSPS) is 13.5. The molecule has 0 atom stereocenters. The molecule has 0 aliphatic carbocycles. The number of hydrogen-bond acceptors (Lipinski definition) is 3. The van der Waals surface area contributed by atoms with Crippen molar-refractivity contribution in [3.8, 4) is 0 Å². The number of aromatic nitrogens is 1. The van der Waals surface area contributed by atoms with E-state index in [4.69, 9.17) is 4.52 Å². The molecular formula is C10H7LiN2O2. The average molecular weight is 194 g/mol. The minimum absolute atomic E-state index is 0. The number of carbonyl (C=O) groups is 1. The van der Waals surface area contributed by atoms with Crippen LogP contribution in [-0.2, 0) is 11.2 Å². The summed E-state index contributed by atoms with van der Waals surface area (Å²) in [6.45, 7) is 3.74. The van der Waals surface area contributed by atoms with E-state index in [1.807, 2.05) is 12.1 Å². The number of hydrogen-bond donors (Lipinski definition) is 1. The van der Waals surface area contributed by atoms with Gasteiger partial charge in [-0.15, -0.1) is 16.6 Å². The third-order valence-corrected chi connectivity index (χ3v) is 2.43.